The molecule has 2 aliphatic carbocycles. The number of carbonyl (C=O) groups is 5. The first-order valence-corrected chi connectivity index (χ1v) is 16.7. The first-order chi connectivity index (χ1) is 24.0. The number of nitrogens with one attached hydrogen (secondary N) is 1. The molecule has 0 bridgehead atoms. The predicted molar refractivity (Wildman–Crippen MR) is 177 cm³/mol. The number of carboxylic acid groups (broad SMARTS) is 1. The summed E-state index contributed by atoms with van der Waals surface area (Å²) < 4.78 is 19.1. The van der Waals surface area contributed by atoms with Crippen molar-refractivity contribution in [3.05, 3.63) is 100 Å². The maximum Gasteiger partial charge on any atom is 0.303 e. The molecule has 4 aliphatic rings. The van der Waals surface area contributed by atoms with Gasteiger partial charge in [0.15, 0.2) is 11.5 Å². The van der Waals surface area contributed by atoms with Gasteiger partial charge in [0.05, 0.1) is 36.0 Å². The fourth-order valence-electron chi connectivity index (χ4n) is 8.59. The Morgan fingerprint density at radius 2 is 1.72 bits per heavy atom. The van der Waals surface area contributed by atoms with Crippen molar-refractivity contribution in [2.75, 3.05) is 19.1 Å². The summed E-state index contributed by atoms with van der Waals surface area (Å²) in [4.78, 5) is 69.7. The number of likely N-dealkylation sites (tertiary alicyclic amines) is 1. The van der Waals surface area contributed by atoms with Gasteiger partial charge in [-0.1, -0.05) is 41.4 Å². The monoisotopic (exact) mass is 701 g/mol. The molecule has 11 nitrogen and oxygen atoms in total. The third-order valence-electron chi connectivity index (χ3n) is 10.7. The number of anilines is 1. The number of methoxy groups -OCH3 is 1. The zero-order chi connectivity index (χ0) is 35.5. The molecule has 4 amide bonds. The van der Waals surface area contributed by atoms with Gasteiger partial charge >= 0.3 is 5.97 Å². The summed E-state index contributed by atoms with van der Waals surface area (Å²) in [5, 5.41) is 21.5. The van der Waals surface area contributed by atoms with Gasteiger partial charge in [-0.05, 0) is 84.8 Å². The van der Waals surface area contributed by atoms with Gasteiger partial charge in [0.2, 0.25) is 11.8 Å². The molecular weight excluding hydrogens is 669 g/mol. The number of fused-ring (bicyclic) bond motifs is 4. The molecule has 2 heterocycles. The average molecular weight is 702 g/mol. The number of carboxylic acids is 1. The summed E-state index contributed by atoms with van der Waals surface area (Å²) in [6, 6.07) is 16.6. The Bertz CT molecular complexity index is 1950. The van der Waals surface area contributed by atoms with Crippen molar-refractivity contribution in [3.63, 3.8) is 0 Å². The topological polar surface area (TPSA) is 154 Å². The van der Waals surface area contributed by atoms with E-state index in [1.807, 2.05) is 6.08 Å². The molecular formula is C37H33ClFN3O8. The largest absolute Gasteiger partial charge is 0.504 e. The van der Waals surface area contributed by atoms with Crippen LogP contribution in [0, 0.1) is 29.5 Å². The molecule has 3 aromatic rings. The van der Waals surface area contributed by atoms with Gasteiger partial charge in [-0.2, -0.15) is 5.01 Å². The van der Waals surface area contributed by atoms with E-state index in [1.54, 1.807) is 36.4 Å². The average Bonchev–Trinajstić information content (AvgIpc) is 3.46. The zero-order valence-corrected chi connectivity index (χ0v) is 27.6. The molecule has 6 atom stereocenters. The van der Waals surface area contributed by atoms with Gasteiger partial charge in [0.25, 0.3) is 11.8 Å². The van der Waals surface area contributed by atoms with E-state index in [4.69, 9.17) is 21.4 Å². The van der Waals surface area contributed by atoms with E-state index in [0.29, 0.717) is 27.4 Å². The lowest BCUT2D eigenvalue weighted by Crippen LogP contribution is -2.53. The number of rotatable bonds is 9. The highest BCUT2D eigenvalue weighted by atomic mass is 35.5. The van der Waals surface area contributed by atoms with Crippen LogP contribution in [0.5, 0.6) is 11.5 Å². The summed E-state index contributed by atoms with van der Waals surface area (Å²) in [6.07, 6.45) is 2.01. The Morgan fingerprint density at radius 3 is 2.38 bits per heavy atom. The summed E-state index contributed by atoms with van der Waals surface area (Å²) in [5.74, 6) is -7.68. The Morgan fingerprint density at radius 1 is 1.00 bits per heavy atom. The highest BCUT2D eigenvalue weighted by Crippen LogP contribution is 2.64. The number of hydrogen-bond acceptors (Lipinski definition) is 8. The lowest BCUT2D eigenvalue weighted by Gasteiger charge is -2.50. The highest BCUT2D eigenvalue weighted by molar-refractivity contribution is 6.30. The van der Waals surface area contributed by atoms with Crippen molar-refractivity contribution in [2.45, 2.75) is 37.0 Å². The minimum absolute atomic E-state index is 0.0419. The molecule has 258 valence electrons. The second-order valence-corrected chi connectivity index (χ2v) is 13.6. The van der Waals surface area contributed by atoms with Crippen molar-refractivity contribution in [2.24, 2.45) is 23.7 Å². The Hall–Kier alpha value is -5.23. The quantitative estimate of drug-likeness (QED) is 0.206. The molecule has 3 fully saturated rings. The first-order valence-electron chi connectivity index (χ1n) is 16.3. The summed E-state index contributed by atoms with van der Waals surface area (Å²) >= 11 is 6.31. The van der Waals surface area contributed by atoms with E-state index in [-0.39, 0.29) is 49.6 Å². The number of amides is 4. The minimum atomic E-state index is -1.60. The third-order valence-corrected chi connectivity index (χ3v) is 10.9. The first kappa shape index (κ1) is 33.3. The van der Waals surface area contributed by atoms with Crippen molar-refractivity contribution >= 4 is 46.9 Å². The van der Waals surface area contributed by atoms with E-state index in [9.17, 15) is 28.7 Å². The maximum atomic E-state index is 15.1. The molecule has 3 N–H and O–H groups in total. The Balaban J connectivity index is 1.41. The van der Waals surface area contributed by atoms with E-state index in [1.165, 1.54) is 37.4 Å². The molecule has 13 heteroatoms. The second-order valence-electron chi connectivity index (χ2n) is 13.1. The van der Waals surface area contributed by atoms with Crippen molar-refractivity contribution in [1.82, 2.24) is 9.91 Å². The van der Waals surface area contributed by atoms with Crippen LogP contribution < -0.4 is 10.2 Å². The lowest BCUT2D eigenvalue weighted by molar-refractivity contribution is -0.142. The van der Waals surface area contributed by atoms with Crippen LogP contribution in [0.25, 0.3) is 0 Å². The predicted octanol–water partition coefficient (Wildman–Crippen LogP) is 5.04. The number of hydrazine groups is 1. The third kappa shape index (κ3) is 5.12. The number of allylic oxidation sites excluding steroid dienone is 2. The van der Waals surface area contributed by atoms with Crippen LogP contribution in [0.3, 0.4) is 0 Å². The Kier molecular flexibility index (Phi) is 8.37. The molecule has 6 unspecified atom stereocenters. The minimum Gasteiger partial charge on any atom is -0.504 e. The smallest absolute Gasteiger partial charge is 0.303 e. The summed E-state index contributed by atoms with van der Waals surface area (Å²) in [5.41, 5.74) is 3.23. The van der Waals surface area contributed by atoms with Crippen LogP contribution in [0.1, 0.15) is 42.7 Å². The molecule has 0 aromatic heterocycles. The molecule has 50 heavy (non-hydrogen) atoms. The highest BCUT2D eigenvalue weighted by Gasteiger charge is 2.70. The van der Waals surface area contributed by atoms with Crippen LogP contribution in [0.4, 0.5) is 10.1 Å². The van der Waals surface area contributed by atoms with E-state index >= 15 is 4.79 Å². The van der Waals surface area contributed by atoms with Crippen LogP contribution in [0.15, 0.2) is 78.4 Å². The fraction of sp³-hybridized carbons (Fsp3) is 0.324. The number of nitrogens with zero attached hydrogens (tertiary/aromatic N) is 2. The van der Waals surface area contributed by atoms with Gasteiger partial charge in [0.1, 0.15) is 5.82 Å². The van der Waals surface area contributed by atoms with Crippen LogP contribution in [-0.2, 0) is 29.4 Å². The Labute approximate surface area is 291 Å². The number of aromatic hydroxyl groups is 1. The van der Waals surface area contributed by atoms with Crippen molar-refractivity contribution in [1.29, 1.82) is 0 Å². The van der Waals surface area contributed by atoms with Crippen LogP contribution >= 0.6 is 11.6 Å². The molecule has 7 rings (SSSR count). The van der Waals surface area contributed by atoms with Crippen LogP contribution in [-0.4, -0.2) is 63.4 Å². The summed E-state index contributed by atoms with van der Waals surface area (Å²) in [7, 11) is 1.41. The lowest BCUT2D eigenvalue weighted by atomic mass is 9.49. The van der Waals surface area contributed by atoms with Gasteiger partial charge in [-0.15, -0.1) is 0 Å². The van der Waals surface area contributed by atoms with E-state index in [0.717, 1.165) is 9.91 Å². The number of ether oxygens (including phenoxy) is 1. The molecule has 2 saturated heterocycles. The standard InChI is InChI=1S/C37H33ClFN3O8/c1-50-29-15-4-19(17-28(29)43)32-24-13-14-25-31(35(48)41(33(25)46)16-2-3-30(44)45)26(24)18-27-34(47)42(40-23-11-9-22(39)10-12-23)36(49)37(27,32)20-5-7-21(38)8-6-20/h4-13,15,17,25-27,31-32,40,43H,2-3,14,16,18H2,1H3,(H,44,45). The number of benzene rings is 3. The van der Waals surface area contributed by atoms with Crippen LogP contribution in [0.2, 0.25) is 5.02 Å². The number of phenols is 1. The van der Waals surface area contributed by atoms with Gasteiger partial charge in [0, 0.05) is 23.9 Å². The van der Waals surface area contributed by atoms with Crippen molar-refractivity contribution < 1.29 is 43.3 Å². The number of halogens is 2. The normalized spacial score (nSPS) is 27.1. The van der Waals surface area contributed by atoms with E-state index < -0.39 is 64.5 Å². The second kappa shape index (κ2) is 12.6. The molecule has 0 radical (unpaired) electrons. The molecule has 0 spiro atoms. The fourth-order valence-corrected chi connectivity index (χ4v) is 8.72. The van der Waals surface area contributed by atoms with Crippen molar-refractivity contribution in [3.8, 4) is 11.5 Å². The molecule has 2 aliphatic heterocycles. The zero-order valence-electron chi connectivity index (χ0n) is 26.8. The summed E-state index contributed by atoms with van der Waals surface area (Å²) in [6.45, 7) is -0.0419. The number of aliphatic carboxylic acids is 1. The van der Waals surface area contributed by atoms with E-state index in [2.05, 4.69) is 5.43 Å². The van der Waals surface area contributed by atoms with Gasteiger partial charge < -0.3 is 14.9 Å². The SMILES string of the molecule is COc1ccc(C2C3=CCC4C(=O)N(CCCC(=O)O)C(=O)C4C3CC3C(=O)N(Nc4ccc(F)cc4)C(=O)C32c2ccc(Cl)cc2)cc1O. The molecule has 1 saturated carbocycles. The molecule has 3 aromatic carbocycles. The maximum absolute atomic E-state index is 15.1. The number of hydrogen-bond donors (Lipinski definition) is 3. The number of imide groups is 2. The van der Waals surface area contributed by atoms with Gasteiger partial charge in [-0.3, -0.25) is 34.3 Å². The van der Waals surface area contributed by atoms with Gasteiger partial charge in [-0.25, -0.2) is 4.39 Å². The number of phenolic OH excluding ortho intramolecular Hbond substituents is 1. The number of carbonyl (C=O) groups excluding carboxylic acids is 4.